The summed E-state index contributed by atoms with van der Waals surface area (Å²) in [7, 11) is 1.92. The van der Waals surface area contributed by atoms with Gasteiger partial charge in [-0.2, -0.15) is 0 Å². The van der Waals surface area contributed by atoms with Crippen molar-refractivity contribution in [2.45, 2.75) is 50.8 Å². The average molecular weight is 530 g/mol. The number of thioether (sulfide) groups is 1. The third-order valence-electron chi connectivity index (χ3n) is 8.05. The highest BCUT2D eigenvalue weighted by Gasteiger charge is 2.32. The topological polar surface area (TPSA) is 70.8 Å². The first-order valence-corrected chi connectivity index (χ1v) is 14.2. The van der Waals surface area contributed by atoms with Gasteiger partial charge in [0.2, 0.25) is 0 Å². The molecule has 198 valence electrons. The highest BCUT2D eigenvalue weighted by molar-refractivity contribution is 8.03. The largest absolute Gasteiger partial charge is 0.386 e. The Balaban J connectivity index is 1.66. The number of pyridine rings is 1. The van der Waals surface area contributed by atoms with Crippen molar-refractivity contribution in [2.24, 2.45) is 5.92 Å². The van der Waals surface area contributed by atoms with Crippen LogP contribution in [0.25, 0.3) is 27.6 Å². The monoisotopic (exact) mass is 529 g/mol. The van der Waals surface area contributed by atoms with Gasteiger partial charge in [0, 0.05) is 42.3 Å². The SMILES string of the molecule is CC1=C(c2cnc3c4ccc(C(C)(C)O)cc4n(C(c4ccccc4)C4CCOCC4)c3c2)N(C)C(O)S1. The molecule has 6 rings (SSSR count). The highest BCUT2D eigenvalue weighted by atomic mass is 32.2. The van der Waals surface area contributed by atoms with Gasteiger partial charge in [0.15, 0.2) is 5.56 Å². The first-order chi connectivity index (χ1) is 18.2. The van der Waals surface area contributed by atoms with E-state index in [0.29, 0.717) is 5.92 Å². The van der Waals surface area contributed by atoms with Gasteiger partial charge >= 0.3 is 0 Å². The van der Waals surface area contributed by atoms with E-state index in [-0.39, 0.29) is 6.04 Å². The van der Waals surface area contributed by atoms with E-state index in [2.05, 4.69) is 60.0 Å². The molecule has 2 aliphatic heterocycles. The van der Waals surface area contributed by atoms with E-state index < -0.39 is 11.2 Å². The highest BCUT2D eigenvalue weighted by Crippen LogP contribution is 2.44. The number of nitrogens with zero attached hydrogens (tertiary/aromatic N) is 3. The van der Waals surface area contributed by atoms with Crippen molar-refractivity contribution in [3.8, 4) is 0 Å². The molecule has 2 unspecified atom stereocenters. The van der Waals surface area contributed by atoms with Crippen LogP contribution in [0.2, 0.25) is 0 Å². The molecule has 2 aromatic carbocycles. The molecule has 0 saturated carbocycles. The molecule has 2 N–H and O–H groups in total. The first-order valence-electron chi connectivity index (χ1n) is 13.3. The van der Waals surface area contributed by atoms with E-state index in [9.17, 15) is 10.2 Å². The summed E-state index contributed by atoms with van der Waals surface area (Å²) in [5.41, 5.74) is 5.66. The third-order valence-corrected chi connectivity index (χ3v) is 9.12. The minimum atomic E-state index is -0.961. The predicted octanol–water partition coefficient (Wildman–Crippen LogP) is 6.08. The molecule has 38 heavy (non-hydrogen) atoms. The lowest BCUT2D eigenvalue weighted by atomic mass is 9.86. The number of hydrogen-bond donors (Lipinski definition) is 2. The van der Waals surface area contributed by atoms with Crippen LogP contribution in [0, 0.1) is 5.92 Å². The summed E-state index contributed by atoms with van der Waals surface area (Å²) in [6.45, 7) is 7.24. The zero-order valence-corrected chi connectivity index (χ0v) is 23.2. The van der Waals surface area contributed by atoms with Crippen molar-refractivity contribution in [3.63, 3.8) is 0 Å². The van der Waals surface area contributed by atoms with Crippen molar-refractivity contribution in [3.05, 3.63) is 82.4 Å². The quantitative estimate of drug-likeness (QED) is 0.327. The maximum atomic E-state index is 10.9. The van der Waals surface area contributed by atoms with Gasteiger partial charge in [0.1, 0.15) is 0 Å². The second kappa shape index (κ2) is 9.72. The summed E-state index contributed by atoms with van der Waals surface area (Å²) in [5, 5.41) is 22.5. The second-order valence-electron chi connectivity index (χ2n) is 11.0. The van der Waals surface area contributed by atoms with Gasteiger partial charge in [0.05, 0.1) is 33.9 Å². The molecule has 6 nitrogen and oxygen atoms in total. The molecule has 2 aliphatic rings. The number of rotatable bonds is 5. The molecule has 2 atom stereocenters. The Bertz CT molecular complexity index is 1520. The molecule has 2 aromatic heterocycles. The molecule has 1 fully saturated rings. The molecule has 0 amide bonds. The molecular formula is C31H35N3O3S. The van der Waals surface area contributed by atoms with Gasteiger partial charge in [0.25, 0.3) is 0 Å². The lowest BCUT2D eigenvalue weighted by Gasteiger charge is -2.33. The Kier molecular flexibility index (Phi) is 6.51. The molecule has 0 aliphatic carbocycles. The smallest absolute Gasteiger partial charge is 0.179 e. The molecular weight excluding hydrogens is 494 g/mol. The van der Waals surface area contributed by atoms with Crippen molar-refractivity contribution in [1.82, 2.24) is 14.5 Å². The van der Waals surface area contributed by atoms with Gasteiger partial charge < -0.3 is 24.4 Å². The molecule has 0 radical (unpaired) electrons. The maximum absolute atomic E-state index is 10.9. The summed E-state index contributed by atoms with van der Waals surface area (Å²) < 4.78 is 8.22. The van der Waals surface area contributed by atoms with Crippen LogP contribution >= 0.6 is 11.8 Å². The number of ether oxygens (including phenoxy) is 1. The molecule has 0 bridgehead atoms. The number of aliphatic hydroxyl groups excluding tert-OH is 1. The summed E-state index contributed by atoms with van der Waals surface area (Å²) in [4.78, 5) is 8.01. The fraction of sp³-hybridized carbons (Fsp3) is 0.387. The average Bonchev–Trinajstić information content (AvgIpc) is 3.36. The molecule has 4 aromatic rings. The van der Waals surface area contributed by atoms with E-state index in [1.807, 2.05) is 38.1 Å². The zero-order chi connectivity index (χ0) is 26.6. The molecule has 7 heteroatoms. The van der Waals surface area contributed by atoms with E-state index in [0.717, 1.165) is 69.7 Å². The van der Waals surface area contributed by atoms with E-state index in [4.69, 9.17) is 9.72 Å². The van der Waals surface area contributed by atoms with Crippen molar-refractivity contribution in [2.75, 3.05) is 20.3 Å². The number of aromatic nitrogens is 2. The van der Waals surface area contributed by atoms with Gasteiger partial charge in [-0.25, -0.2) is 0 Å². The molecule has 4 heterocycles. The van der Waals surface area contributed by atoms with Crippen LogP contribution in [0.3, 0.4) is 0 Å². The van der Waals surface area contributed by atoms with Crippen molar-refractivity contribution in [1.29, 1.82) is 0 Å². The van der Waals surface area contributed by atoms with Crippen LogP contribution in [0.5, 0.6) is 0 Å². The van der Waals surface area contributed by atoms with Crippen LogP contribution in [-0.4, -0.2) is 50.5 Å². The summed E-state index contributed by atoms with van der Waals surface area (Å²) >= 11 is 1.46. The van der Waals surface area contributed by atoms with Gasteiger partial charge in [-0.1, -0.05) is 54.2 Å². The lowest BCUT2D eigenvalue weighted by molar-refractivity contribution is 0.0552. The van der Waals surface area contributed by atoms with Crippen LogP contribution in [-0.2, 0) is 10.3 Å². The fourth-order valence-electron chi connectivity index (χ4n) is 6.09. The standard InChI is InChI=1S/C31H35N3O3S/c1-19-28(33(4)30(35)38-19)22-16-26-27(32-18-22)24-11-10-23(31(2,3)36)17-25(24)34(26)29(20-8-6-5-7-9-20)21-12-14-37-15-13-21/h5-11,16-18,21,29-30,35-36H,12-15H2,1-4H3. The van der Waals surface area contributed by atoms with E-state index >= 15 is 0 Å². The summed E-state index contributed by atoms with van der Waals surface area (Å²) in [5.74, 6) is 0.395. The Hall–Kier alpha value is -2.84. The maximum Gasteiger partial charge on any atom is 0.179 e. The Morgan fingerprint density at radius 3 is 2.45 bits per heavy atom. The summed E-state index contributed by atoms with van der Waals surface area (Å²) in [6.07, 6.45) is 3.89. The molecule has 0 spiro atoms. The van der Waals surface area contributed by atoms with Crippen molar-refractivity contribution < 1.29 is 14.9 Å². The number of hydrogen-bond acceptors (Lipinski definition) is 6. The van der Waals surface area contributed by atoms with Crippen LogP contribution in [0.15, 0.2) is 65.7 Å². The number of aliphatic hydroxyl groups is 2. The Morgan fingerprint density at radius 2 is 1.79 bits per heavy atom. The van der Waals surface area contributed by atoms with E-state index in [1.54, 1.807) is 0 Å². The Morgan fingerprint density at radius 1 is 1.05 bits per heavy atom. The number of fused-ring (bicyclic) bond motifs is 3. The van der Waals surface area contributed by atoms with Crippen LogP contribution in [0.4, 0.5) is 0 Å². The van der Waals surface area contributed by atoms with Gasteiger partial charge in [-0.15, -0.1) is 0 Å². The third kappa shape index (κ3) is 4.31. The lowest BCUT2D eigenvalue weighted by Crippen LogP contribution is -2.27. The number of allylic oxidation sites excluding steroid dienone is 1. The minimum Gasteiger partial charge on any atom is -0.386 e. The van der Waals surface area contributed by atoms with Crippen LogP contribution < -0.4 is 0 Å². The zero-order valence-electron chi connectivity index (χ0n) is 22.4. The number of benzene rings is 2. The summed E-state index contributed by atoms with van der Waals surface area (Å²) in [6, 6.07) is 19.3. The van der Waals surface area contributed by atoms with E-state index in [1.165, 1.54) is 17.3 Å². The van der Waals surface area contributed by atoms with Crippen molar-refractivity contribution >= 4 is 39.4 Å². The van der Waals surface area contributed by atoms with Gasteiger partial charge in [-0.3, -0.25) is 4.98 Å². The normalized spacial score (nSPS) is 20.2. The second-order valence-corrected chi connectivity index (χ2v) is 12.3. The Labute approximate surface area is 227 Å². The van der Waals surface area contributed by atoms with Gasteiger partial charge in [-0.05, 0) is 62.8 Å². The first kappa shape index (κ1) is 25.4. The van der Waals surface area contributed by atoms with Crippen LogP contribution in [0.1, 0.15) is 56.3 Å². The fourth-order valence-corrected chi connectivity index (χ4v) is 7.04. The predicted molar refractivity (Wildman–Crippen MR) is 155 cm³/mol. The molecule has 1 saturated heterocycles. The minimum absolute atomic E-state index is 0.0885.